The maximum absolute atomic E-state index is 12.0. The molecule has 0 radical (unpaired) electrons. The van der Waals surface area contributed by atoms with E-state index in [1.807, 2.05) is 48.5 Å². The maximum Gasteiger partial charge on any atom is 0.258 e. The third-order valence-electron chi connectivity index (χ3n) is 3.52. The summed E-state index contributed by atoms with van der Waals surface area (Å²) in [6.45, 7) is 0. The minimum absolute atomic E-state index is 0.0134. The quantitative estimate of drug-likeness (QED) is 0.724. The third-order valence-corrected chi connectivity index (χ3v) is 3.52. The van der Waals surface area contributed by atoms with Gasteiger partial charge in [0, 0.05) is 0 Å². The lowest BCUT2D eigenvalue weighted by Gasteiger charge is -2.00. The molecule has 0 bridgehead atoms. The van der Waals surface area contributed by atoms with Crippen molar-refractivity contribution in [3.05, 3.63) is 76.3 Å². The molecule has 4 heteroatoms. The Kier molecular flexibility index (Phi) is 2.44. The number of aromatic nitrogens is 2. The summed E-state index contributed by atoms with van der Waals surface area (Å²) in [5, 5.41) is 0.605. The molecule has 98 valence electrons. The van der Waals surface area contributed by atoms with E-state index in [2.05, 4.69) is 9.97 Å². The molecule has 0 saturated carbocycles. The summed E-state index contributed by atoms with van der Waals surface area (Å²) in [6.07, 6.45) is -0.171. The van der Waals surface area contributed by atoms with Crippen LogP contribution in [0, 0.1) is 0 Å². The summed E-state index contributed by atoms with van der Waals surface area (Å²) in [6, 6.07) is 17.3. The number of ether oxygens (including phenoxy) is 1. The molecule has 0 amide bonds. The van der Waals surface area contributed by atoms with Crippen LogP contribution in [0.3, 0.4) is 0 Å². The van der Waals surface area contributed by atoms with Gasteiger partial charge in [-0.1, -0.05) is 42.5 Å². The standard InChI is InChI=1S/C16H12N2O2/c19-16-11-8-4-5-9-12(11)17-15(18-16)14-13(20-14)10-6-2-1-3-7-10/h1-9,13-14H,(H,17,18,19). The summed E-state index contributed by atoms with van der Waals surface area (Å²) in [4.78, 5) is 19.3. The van der Waals surface area contributed by atoms with E-state index in [4.69, 9.17) is 4.74 Å². The van der Waals surface area contributed by atoms with Crippen LogP contribution in [0.4, 0.5) is 0 Å². The zero-order valence-corrected chi connectivity index (χ0v) is 10.6. The maximum atomic E-state index is 12.0. The summed E-state index contributed by atoms with van der Waals surface area (Å²) in [5.41, 5.74) is 1.69. The number of hydrogen-bond donors (Lipinski definition) is 1. The van der Waals surface area contributed by atoms with Gasteiger partial charge in [-0.25, -0.2) is 4.98 Å². The molecule has 2 atom stereocenters. The van der Waals surface area contributed by atoms with E-state index in [1.165, 1.54) is 0 Å². The van der Waals surface area contributed by atoms with E-state index in [0.717, 1.165) is 5.56 Å². The molecule has 1 saturated heterocycles. The second-order valence-electron chi connectivity index (χ2n) is 4.86. The lowest BCUT2D eigenvalue weighted by molar-refractivity contribution is 0.372. The number of nitrogens with one attached hydrogen (secondary N) is 1. The molecule has 3 aromatic rings. The molecule has 0 spiro atoms. The van der Waals surface area contributed by atoms with Crippen LogP contribution in [0.5, 0.6) is 0 Å². The van der Waals surface area contributed by atoms with Crippen LogP contribution in [-0.4, -0.2) is 9.97 Å². The Morgan fingerprint density at radius 2 is 1.70 bits per heavy atom. The highest BCUT2D eigenvalue weighted by atomic mass is 16.6. The first kappa shape index (κ1) is 11.4. The van der Waals surface area contributed by atoms with Gasteiger partial charge in [-0.2, -0.15) is 0 Å². The van der Waals surface area contributed by atoms with Crippen molar-refractivity contribution in [2.45, 2.75) is 12.2 Å². The average Bonchev–Trinajstić information content (AvgIpc) is 3.29. The van der Waals surface area contributed by atoms with Crippen molar-refractivity contribution < 1.29 is 4.74 Å². The average molecular weight is 264 g/mol. The zero-order valence-electron chi connectivity index (χ0n) is 10.6. The Morgan fingerprint density at radius 1 is 0.950 bits per heavy atom. The van der Waals surface area contributed by atoms with E-state index < -0.39 is 0 Å². The Bertz CT molecular complexity index is 827. The van der Waals surface area contributed by atoms with Gasteiger partial charge in [0.05, 0.1) is 10.9 Å². The first-order valence-corrected chi connectivity index (χ1v) is 6.52. The van der Waals surface area contributed by atoms with Gasteiger partial charge in [0.2, 0.25) is 0 Å². The highest BCUT2D eigenvalue weighted by Crippen LogP contribution is 2.49. The van der Waals surface area contributed by atoms with Crippen molar-refractivity contribution >= 4 is 10.9 Å². The van der Waals surface area contributed by atoms with Crippen LogP contribution in [0.2, 0.25) is 0 Å². The van der Waals surface area contributed by atoms with Gasteiger partial charge in [-0.05, 0) is 17.7 Å². The fourth-order valence-corrected chi connectivity index (χ4v) is 2.46. The van der Waals surface area contributed by atoms with E-state index >= 15 is 0 Å². The van der Waals surface area contributed by atoms with Crippen LogP contribution >= 0.6 is 0 Å². The SMILES string of the molecule is O=c1[nH]c(C2OC2c2ccccc2)nc2ccccc12. The van der Waals surface area contributed by atoms with Crippen LogP contribution in [0.25, 0.3) is 10.9 Å². The topological polar surface area (TPSA) is 58.3 Å². The fourth-order valence-electron chi connectivity index (χ4n) is 2.46. The Labute approximate surface area is 115 Å². The molecule has 1 aliphatic rings. The predicted octanol–water partition coefficient (Wildman–Crippen LogP) is 2.74. The number of nitrogens with zero attached hydrogens (tertiary/aromatic N) is 1. The summed E-state index contributed by atoms with van der Waals surface area (Å²) < 4.78 is 5.66. The van der Waals surface area contributed by atoms with Gasteiger partial charge in [-0.3, -0.25) is 4.79 Å². The molecule has 2 aromatic carbocycles. The van der Waals surface area contributed by atoms with Gasteiger partial charge in [-0.15, -0.1) is 0 Å². The Morgan fingerprint density at radius 3 is 2.55 bits per heavy atom. The second kappa shape index (κ2) is 4.28. The van der Waals surface area contributed by atoms with Crippen LogP contribution in [0.15, 0.2) is 59.4 Å². The molecule has 4 rings (SSSR count). The Hall–Kier alpha value is -2.46. The predicted molar refractivity (Wildman–Crippen MR) is 75.4 cm³/mol. The first-order valence-electron chi connectivity index (χ1n) is 6.52. The van der Waals surface area contributed by atoms with Crippen molar-refractivity contribution in [3.63, 3.8) is 0 Å². The number of H-pyrrole nitrogens is 1. The number of hydrogen-bond acceptors (Lipinski definition) is 3. The molecule has 2 unspecified atom stereocenters. The van der Waals surface area contributed by atoms with Crippen molar-refractivity contribution in [2.24, 2.45) is 0 Å². The molecule has 2 heterocycles. The minimum Gasteiger partial charge on any atom is -0.356 e. The number of epoxide rings is 1. The fraction of sp³-hybridized carbons (Fsp3) is 0.125. The minimum atomic E-state index is -0.158. The molecule has 4 nitrogen and oxygen atoms in total. The van der Waals surface area contributed by atoms with Crippen molar-refractivity contribution in [3.8, 4) is 0 Å². The summed E-state index contributed by atoms with van der Waals surface area (Å²) in [5.74, 6) is 0.600. The van der Waals surface area contributed by atoms with Crippen molar-refractivity contribution in [1.29, 1.82) is 0 Å². The first-order chi connectivity index (χ1) is 9.83. The summed E-state index contributed by atoms with van der Waals surface area (Å²) in [7, 11) is 0. The smallest absolute Gasteiger partial charge is 0.258 e. The molecule has 0 aliphatic carbocycles. The second-order valence-corrected chi connectivity index (χ2v) is 4.86. The van der Waals surface area contributed by atoms with Gasteiger partial charge in [0.1, 0.15) is 18.0 Å². The monoisotopic (exact) mass is 264 g/mol. The molecule has 1 N–H and O–H groups in total. The Balaban J connectivity index is 1.73. The molecular weight excluding hydrogens is 252 g/mol. The number of fused-ring (bicyclic) bond motifs is 1. The van der Waals surface area contributed by atoms with Gasteiger partial charge >= 0.3 is 0 Å². The number of para-hydroxylation sites is 1. The van der Waals surface area contributed by atoms with Crippen LogP contribution in [-0.2, 0) is 4.74 Å². The highest BCUT2D eigenvalue weighted by molar-refractivity contribution is 5.77. The number of rotatable bonds is 2. The number of aromatic amines is 1. The highest BCUT2D eigenvalue weighted by Gasteiger charge is 2.43. The van der Waals surface area contributed by atoms with Gasteiger partial charge in [0.25, 0.3) is 5.56 Å². The molecule has 1 aromatic heterocycles. The molecular formula is C16H12N2O2. The zero-order chi connectivity index (χ0) is 13.5. The summed E-state index contributed by atoms with van der Waals surface area (Å²) >= 11 is 0. The van der Waals surface area contributed by atoms with Crippen LogP contribution < -0.4 is 5.56 Å². The van der Waals surface area contributed by atoms with Gasteiger partial charge < -0.3 is 9.72 Å². The van der Waals surface area contributed by atoms with E-state index in [-0.39, 0.29) is 17.8 Å². The normalized spacial score (nSPS) is 21.0. The van der Waals surface area contributed by atoms with Crippen molar-refractivity contribution in [1.82, 2.24) is 9.97 Å². The van der Waals surface area contributed by atoms with E-state index in [9.17, 15) is 4.79 Å². The molecule has 20 heavy (non-hydrogen) atoms. The van der Waals surface area contributed by atoms with Gasteiger partial charge in [0.15, 0.2) is 0 Å². The van der Waals surface area contributed by atoms with Crippen LogP contribution in [0.1, 0.15) is 23.6 Å². The third kappa shape index (κ3) is 1.82. The molecule has 1 aliphatic heterocycles. The molecule has 1 fully saturated rings. The van der Waals surface area contributed by atoms with E-state index in [0.29, 0.717) is 16.7 Å². The largest absolute Gasteiger partial charge is 0.356 e. The van der Waals surface area contributed by atoms with Crippen molar-refractivity contribution in [2.75, 3.05) is 0 Å². The number of benzene rings is 2. The lowest BCUT2D eigenvalue weighted by atomic mass is 10.1. The van der Waals surface area contributed by atoms with E-state index in [1.54, 1.807) is 6.07 Å². The lowest BCUT2D eigenvalue weighted by Crippen LogP contribution is -2.11.